The molecule has 0 bridgehead atoms. The van der Waals surface area contributed by atoms with Gasteiger partial charge in [0.1, 0.15) is 0 Å². The molecule has 0 rings (SSSR count). The Kier molecular flexibility index (Phi) is 11.2. The average molecular weight is 163 g/mol. The fourth-order valence-corrected chi connectivity index (χ4v) is 0. The molecule has 0 saturated carbocycles. The summed E-state index contributed by atoms with van der Waals surface area (Å²) in [5.74, 6) is 0. The average Bonchev–Trinajstić information content (AvgIpc) is 1.19. The number of hydrogen-bond acceptors (Lipinski definition) is 2. The van der Waals surface area contributed by atoms with Crippen LogP contribution in [0.25, 0.3) is 0 Å². The third-order valence-electron chi connectivity index (χ3n) is 0. The number of hydrogen-bond donors (Lipinski definition) is 1. The molecule has 0 aliphatic rings. The van der Waals surface area contributed by atoms with E-state index < -0.39 is 7.25 Å². The molecule has 3 N–H and O–H groups in total. The molecule has 0 radical (unpaired) electrons. The van der Waals surface area contributed by atoms with Gasteiger partial charge in [0.2, 0.25) is 0 Å². The third-order valence-corrected chi connectivity index (χ3v) is 0. The zero-order valence-corrected chi connectivity index (χ0v) is 6.24. The Morgan fingerprint density at radius 1 is 0.900 bits per heavy atom. The number of rotatable bonds is 0. The molecule has 0 aromatic rings. The quantitative estimate of drug-likeness (QED) is 0.435. The second-order valence-electron chi connectivity index (χ2n) is 1.84. The Morgan fingerprint density at radius 2 is 0.900 bits per heavy atom. The van der Waals surface area contributed by atoms with Gasteiger partial charge in [-0.05, 0) is 21.1 Å². The highest BCUT2D eigenvalue weighted by Gasteiger charge is 2.20. The van der Waals surface area contributed by atoms with E-state index >= 15 is 0 Å². The Bertz CT molecular complexity index is 55.3. The van der Waals surface area contributed by atoms with Crippen LogP contribution in [-0.4, -0.2) is 33.3 Å². The number of nitrogens with zero attached hydrogens (tertiary/aromatic N) is 1. The first kappa shape index (κ1) is 16.4. The molecule has 0 saturated heterocycles. The fraction of sp³-hybridized carbons (Fsp3) is 1.00. The van der Waals surface area contributed by atoms with Crippen LogP contribution >= 0.6 is 0 Å². The summed E-state index contributed by atoms with van der Waals surface area (Å²) in [5, 5.41) is 0. The van der Waals surface area contributed by atoms with E-state index in [1.54, 1.807) is 0 Å². The van der Waals surface area contributed by atoms with Crippen molar-refractivity contribution >= 4 is 7.25 Å². The molecule has 0 aromatic heterocycles. The van der Waals surface area contributed by atoms with Crippen molar-refractivity contribution in [3.63, 3.8) is 0 Å². The highest BCUT2D eigenvalue weighted by Crippen LogP contribution is 2.06. The number of halogens is 4. The van der Waals surface area contributed by atoms with Crippen molar-refractivity contribution in [3.05, 3.63) is 0 Å². The predicted octanol–water partition coefficient (Wildman–Crippen LogP) is 1.64. The van der Waals surface area contributed by atoms with Crippen molar-refractivity contribution < 1.29 is 17.3 Å². The highest BCUT2D eigenvalue weighted by atomic mass is 19.5. The molecule has 2 nitrogen and oxygen atoms in total. The summed E-state index contributed by atoms with van der Waals surface area (Å²) in [6.45, 7) is 0. The minimum Gasteiger partial charge on any atom is -0.418 e. The highest BCUT2D eigenvalue weighted by molar-refractivity contribution is 6.50. The van der Waals surface area contributed by atoms with Crippen LogP contribution < -0.4 is 6.15 Å². The van der Waals surface area contributed by atoms with Gasteiger partial charge in [-0.3, -0.25) is 0 Å². The van der Waals surface area contributed by atoms with Crippen molar-refractivity contribution in [1.82, 2.24) is 11.1 Å². The lowest BCUT2D eigenvalue weighted by atomic mass is 10.3. The summed E-state index contributed by atoms with van der Waals surface area (Å²) in [5.41, 5.74) is 0. The zero-order chi connectivity index (χ0) is 8.08. The van der Waals surface area contributed by atoms with E-state index in [1.807, 2.05) is 26.0 Å². The molecule has 10 heavy (non-hydrogen) atoms. The van der Waals surface area contributed by atoms with Crippen molar-refractivity contribution in [3.8, 4) is 0 Å². The molecule has 0 fully saturated rings. The molecule has 0 heterocycles. The zero-order valence-electron chi connectivity index (χ0n) is 6.24. The summed E-state index contributed by atoms with van der Waals surface area (Å²) in [4.78, 5) is 2.00. The molecule has 0 amide bonds. The van der Waals surface area contributed by atoms with Crippen molar-refractivity contribution in [1.29, 1.82) is 0 Å². The summed E-state index contributed by atoms with van der Waals surface area (Å²) >= 11 is 0. The Morgan fingerprint density at radius 3 is 0.900 bits per heavy atom. The summed E-state index contributed by atoms with van der Waals surface area (Å²) in [6, 6.07) is 0. The van der Waals surface area contributed by atoms with Gasteiger partial charge in [-0.25, -0.2) is 0 Å². The Balaban J connectivity index is -0.0000000910. The standard InChI is InChI=1S/C3H9N.BF4.H3N/c1-4(2)3;2-1(3,4)5;/h1-3H3;;1H3/q;-1;. The van der Waals surface area contributed by atoms with Gasteiger partial charge in [0.25, 0.3) is 0 Å². The predicted molar refractivity (Wildman–Crippen MR) is 34.8 cm³/mol. The minimum absolute atomic E-state index is 0. The van der Waals surface area contributed by atoms with Gasteiger partial charge in [0.05, 0.1) is 0 Å². The largest absolute Gasteiger partial charge is 0.673 e. The molecule has 7 heteroatoms. The topological polar surface area (TPSA) is 38.2 Å². The van der Waals surface area contributed by atoms with Crippen LogP contribution in [-0.2, 0) is 0 Å². The molecule has 0 aliphatic heterocycles. The smallest absolute Gasteiger partial charge is 0.418 e. The molecule has 66 valence electrons. The normalized spacial score (nSPS) is 9.60. The SMILES string of the molecule is CN(C)C.F[B-](F)(F)F.N. The summed E-state index contributed by atoms with van der Waals surface area (Å²) in [7, 11) is 0. The van der Waals surface area contributed by atoms with Gasteiger partial charge in [-0.2, -0.15) is 0 Å². The van der Waals surface area contributed by atoms with Gasteiger partial charge < -0.3 is 28.3 Å². The van der Waals surface area contributed by atoms with Crippen molar-refractivity contribution in [2.45, 2.75) is 0 Å². The van der Waals surface area contributed by atoms with E-state index in [0.29, 0.717) is 0 Å². The van der Waals surface area contributed by atoms with Crippen LogP contribution in [0.3, 0.4) is 0 Å². The third kappa shape index (κ3) is 3980. The molecule has 0 spiro atoms. The lowest BCUT2D eigenvalue weighted by Gasteiger charge is -1.94. The molecule has 0 aromatic carbocycles. The Labute approximate surface area is 57.9 Å². The first-order chi connectivity index (χ1) is 3.73. The Hall–Kier alpha value is -0.295. The summed E-state index contributed by atoms with van der Waals surface area (Å²) < 4.78 is 39.0. The van der Waals surface area contributed by atoms with E-state index in [2.05, 4.69) is 0 Å². The maximum atomic E-state index is 9.75. The van der Waals surface area contributed by atoms with Gasteiger partial charge >= 0.3 is 7.25 Å². The molecular formula is C3H12BF4N2-. The second-order valence-corrected chi connectivity index (χ2v) is 1.84. The van der Waals surface area contributed by atoms with Gasteiger partial charge in [0, 0.05) is 0 Å². The van der Waals surface area contributed by atoms with Crippen LogP contribution in [0.2, 0.25) is 0 Å². The first-order valence-corrected chi connectivity index (χ1v) is 2.21. The van der Waals surface area contributed by atoms with E-state index in [9.17, 15) is 17.3 Å². The van der Waals surface area contributed by atoms with Crippen LogP contribution in [0.15, 0.2) is 0 Å². The molecule has 0 unspecified atom stereocenters. The molecule has 0 atom stereocenters. The molecule has 0 aliphatic carbocycles. The van der Waals surface area contributed by atoms with Gasteiger partial charge in [-0.1, -0.05) is 0 Å². The first-order valence-electron chi connectivity index (χ1n) is 2.21. The van der Waals surface area contributed by atoms with Gasteiger partial charge in [-0.15, -0.1) is 0 Å². The van der Waals surface area contributed by atoms with Crippen LogP contribution in [0.1, 0.15) is 0 Å². The second kappa shape index (κ2) is 6.82. The van der Waals surface area contributed by atoms with Crippen molar-refractivity contribution in [2.24, 2.45) is 0 Å². The lowest BCUT2D eigenvalue weighted by molar-refractivity contribution is 0.368. The van der Waals surface area contributed by atoms with E-state index in [1.165, 1.54) is 0 Å². The van der Waals surface area contributed by atoms with Crippen LogP contribution in [0.4, 0.5) is 17.3 Å². The minimum atomic E-state index is -6.00. The van der Waals surface area contributed by atoms with E-state index in [0.717, 1.165) is 0 Å². The van der Waals surface area contributed by atoms with Gasteiger partial charge in [0.15, 0.2) is 0 Å². The van der Waals surface area contributed by atoms with E-state index in [-0.39, 0.29) is 6.15 Å². The monoisotopic (exact) mass is 163 g/mol. The van der Waals surface area contributed by atoms with E-state index in [4.69, 9.17) is 0 Å². The lowest BCUT2D eigenvalue weighted by Crippen LogP contribution is -2.02. The summed E-state index contributed by atoms with van der Waals surface area (Å²) in [6.07, 6.45) is 0. The van der Waals surface area contributed by atoms with Crippen LogP contribution in [0, 0.1) is 0 Å². The maximum absolute atomic E-state index is 9.75. The fourth-order valence-electron chi connectivity index (χ4n) is 0. The van der Waals surface area contributed by atoms with Crippen LogP contribution in [0.5, 0.6) is 0 Å². The van der Waals surface area contributed by atoms with Crippen molar-refractivity contribution in [2.75, 3.05) is 21.1 Å². The maximum Gasteiger partial charge on any atom is 0.673 e. The molecular weight excluding hydrogens is 151 g/mol.